The molecule has 0 bridgehead atoms. The predicted molar refractivity (Wildman–Crippen MR) is 89.0 cm³/mol. The molecule has 0 spiro atoms. The van der Waals surface area contributed by atoms with Crippen molar-refractivity contribution >= 4 is 37.5 Å². The van der Waals surface area contributed by atoms with Crippen LogP contribution in [0.25, 0.3) is 0 Å². The van der Waals surface area contributed by atoms with Crippen molar-refractivity contribution < 1.29 is 13.2 Å². The van der Waals surface area contributed by atoms with Gasteiger partial charge in [0.2, 0.25) is 15.9 Å². The van der Waals surface area contributed by atoms with Crippen molar-refractivity contribution in [3.63, 3.8) is 0 Å². The van der Waals surface area contributed by atoms with Crippen molar-refractivity contribution in [2.24, 2.45) is 0 Å². The zero-order valence-electron chi connectivity index (χ0n) is 12.7. The number of carbonyl (C=O) groups excluding carboxylic acids is 1. The molecular weight excluding hydrogens is 356 g/mol. The predicted octanol–water partition coefficient (Wildman–Crippen LogP) is 2.44. The molecule has 0 aliphatic carbocycles. The van der Waals surface area contributed by atoms with Crippen LogP contribution in [0.3, 0.4) is 0 Å². The van der Waals surface area contributed by atoms with Gasteiger partial charge in [-0.25, -0.2) is 8.42 Å². The maximum Gasteiger partial charge on any atom is 0.240 e. The van der Waals surface area contributed by atoms with Gasteiger partial charge in [0.25, 0.3) is 0 Å². The van der Waals surface area contributed by atoms with E-state index in [0.717, 1.165) is 27.0 Å². The summed E-state index contributed by atoms with van der Waals surface area (Å²) in [6.45, 7) is 5.52. The van der Waals surface area contributed by atoms with Gasteiger partial charge >= 0.3 is 0 Å². The first kappa shape index (κ1) is 18.0. The molecule has 0 saturated carbocycles. The topological polar surface area (TPSA) is 66.5 Å². The molecule has 0 saturated heterocycles. The van der Waals surface area contributed by atoms with Crippen LogP contribution in [0.1, 0.15) is 25.8 Å². The summed E-state index contributed by atoms with van der Waals surface area (Å²) in [4.78, 5) is 12.0. The number of nitrogens with zero attached hydrogens (tertiary/aromatic N) is 1. The van der Waals surface area contributed by atoms with Gasteiger partial charge in [-0.05, 0) is 38.0 Å². The third-order valence-electron chi connectivity index (χ3n) is 3.15. The van der Waals surface area contributed by atoms with Crippen LogP contribution in [-0.2, 0) is 14.8 Å². The fraction of sp³-hybridized carbons (Fsp3) is 0.500. The summed E-state index contributed by atoms with van der Waals surface area (Å²) in [5.41, 5.74) is 1.46. The van der Waals surface area contributed by atoms with E-state index in [2.05, 4.69) is 21.2 Å². The average molecular weight is 377 g/mol. The van der Waals surface area contributed by atoms with Gasteiger partial charge in [-0.3, -0.25) is 9.10 Å². The number of rotatable bonds is 6. The summed E-state index contributed by atoms with van der Waals surface area (Å²) < 4.78 is 25.8. The van der Waals surface area contributed by atoms with Crippen LogP contribution in [0.15, 0.2) is 22.7 Å². The second kappa shape index (κ2) is 7.26. The van der Waals surface area contributed by atoms with Gasteiger partial charge in [-0.2, -0.15) is 0 Å². The molecule has 1 rings (SSSR count). The lowest BCUT2D eigenvalue weighted by Gasteiger charge is -2.23. The lowest BCUT2D eigenvalue weighted by Crippen LogP contribution is -2.43. The van der Waals surface area contributed by atoms with Crippen molar-refractivity contribution in [2.45, 2.75) is 33.2 Å². The number of hydrogen-bond donors (Lipinski definition) is 1. The number of anilines is 1. The smallest absolute Gasteiger partial charge is 0.240 e. The van der Waals surface area contributed by atoms with Crippen molar-refractivity contribution in [1.82, 2.24) is 5.32 Å². The standard InChI is InChI=1S/C14H21BrN2O3S/c1-5-11(3)16-14(18)9-17(21(4,19)20)12-7-6-10(2)13(15)8-12/h6-8,11H,5,9H2,1-4H3,(H,16,18). The highest BCUT2D eigenvalue weighted by Gasteiger charge is 2.21. The summed E-state index contributed by atoms with van der Waals surface area (Å²) in [5.74, 6) is -0.313. The van der Waals surface area contributed by atoms with Gasteiger partial charge in [-0.15, -0.1) is 0 Å². The lowest BCUT2D eigenvalue weighted by atomic mass is 10.2. The maximum absolute atomic E-state index is 12.0. The Bertz CT molecular complexity index is 617. The fourth-order valence-corrected chi connectivity index (χ4v) is 2.90. The minimum absolute atomic E-state index is 0.0173. The van der Waals surface area contributed by atoms with Gasteiger partial charge in [0.05, 0.1) is 11.9 Å². The molecule has 5 nitrogen and oxygen atoms in total. The van der Waals surface area contributed by atoms with Crippen LogP contribution in [0.2, 0.25) is 0 Å². The number of benzene rings is 1. The third kappa shape index (κ3) is 5.32. The van der Waals surface area contributed by atoms with Gasteiger partial charge < -0.3 is 5.32 Å². The molecule has 0 radical (unpaired) electrons. The van der Waals surface area contributed by atoms with Crippen molar-refractivity contribution in [3.05, 3.63) is 28.2 Å². The Kier molecular flexibility index (Phi) is 6.22. The molecule has 1 aromatic rings. The molecule has 1 amide bonds. The zero-order chi connectivity index (χ0) is 16.2. The van der Waals surface area contributed by atoms with Crippen LogP contribution >= 0.6 is 15.9 Å². The van der Waals surface area contributed by atoms with Crippen molar-refractivity contribution in [1.29, 1.82) is 0 Å². The second-order valence-electron chi connectivity index (χ2n) is 5.08. The Morgan fingerprint density at radius 3 is 2.52 bits per heavy atom. The molecule has 0 heterocycles. The molecule has 0 aliphatic rings. The van der Waals surface area contributed by atoms with Gasteiger partial charge in [0.1, 0.15) is 6.54 Å². The maximum atomic E-state index is 12.0. The molecule has 1 N–H and O–H groups in total. The fourth-order valence-electron chi connectivity index (χ4n) is 1.69. The summed E-state index contributed by atoms with van der Waals surface area (Å²) in [5, 5.41) is 2.77. The molecule has 7 heteroatoms. The molecule has 1 unspecified atom stereocenters. The zero-order valence-corrected chi connectivity index (χ0v) is 15.1. The van der Waals surface area contributed by atoms with E-state index in [4.69, 9.17) is 0 Å². The molecule has 0 fully saturated rings. The number of aryl methyl sites for hydroxylation is 1. The van der Waals surface area contributed by atoms with E-state index in [1.165, 1.54) is 0 Å². The number of nitrogens with one attached hydrogen (secondary N) is 1. The summed E-state index contributed by atoms with van der Waals surface area (Å²) in [7, 11) is -3.53. The van der Waals surface area contributed by atoms with E-state index in [-0.39, 0.29) is 18.5 Å². The third-order valence-corrected chi connectivity index (χ3v) is 5.15. The largest absolute Gasteiger partial charge is 0.352 e. The lowest BCUT2D eigenvalue weighted by molar-refractivity contribution is -0.120. The van der Waals surface area contributed by atoms with E-state index in [1.54, 1.807) is 12.1 Å². The van der Waals surface area contributed by atoms with E-state index in [0.29, 0.717) is 5.69 Å². The Balaban J connectivity index is 3.02. The number of halogens is 1. The van der Waals surface area contributed by atoms with Gasteiger partial charge in [-0.1, -0.05) is 28.9 Å². The molecule has 1 atom stereocenters. The highest BCUT2D eigenvalue weighted by atomic mass is 79.9. The molecule has 0 aliphatic heterocycles. The van der Waals surface area contributed by atoms with E-state index in [1.807, 2.05) is 26.8 Å². The Morgan fingerprint density at radius 1 is 1.43 bits per heavy atom. The van der Waals surface area contributed by atoms with E-state index >= 15 is 0 Å². The highest BCUT2D eigenvalue weighted by molar-refractivity contribution is 9.10. The van der Waals surface area contributed by atoms with Crippen molar-refractivity contribution in [3.8, 4) is 0 Å². The molecule has 21 heavy (non-hydrogen) atoms. The molecule has 0 aromatic heterocycles. The first-order chi connectivity index (χ1) is 9.65. The summed E-state index contributed by atoms with van der Waals surface area (Å²) in [6, 6.07) is 5.22. The van der Waals surface area contributed by atoms with Crippen LogP contribution < -0.4 is 9.62 Å². The van der Waals surface area contributed by atoms with Crippen LogP contribution in [0.5, 0.6) is 0 Å². The van der Waals surface area contributed by atoms with Gasteiger partial charge in [0.15, 0.2) is 0 Å². The SMILES string of the molecule is CCC(C)NC(=O)CN(c1ccc(C)c(Br)c1)S(C)(=O)=O. The number of amides is 1. The Hall–Kier alpha value is -1.08. The summed E-state index contributed by atoms with van der Waals surface area (Å²) in [6.07, 6.45) is 1.89. The highest BCUT2D eigenvalue weighted by Crippen LogP contribution is 2.25. The van der Waals surface area contributed by atoms with E-state index < -0.39 is 10.0 Å². The summed E-state index contributed by atoms with van der Waals surface area (Å²) >= 11 is 3.38. The Morgan fingerprint density at radius 2 is 2.05 bits per heavy atom. The van der Waals surface area contributed by atoms with Crippen LogP contribution in [0.4, 0.5) is 5.69 Å². The minimum Gasteiger partial charge on any atom is -0.352 e. The quantitative estimate of drug-likeness (QED) is 0.828. The van der Waals surface area contributed by atoms with Crippen LogP contribution in [0, 0.1) is 6.92 Å². The number of carbonyl (C=O) groups is 1. The number of hydrogen-bond acceptors (Lipinski definition) is 3. The van der Waals surface area contributed by atoms with Crippen LogP contribution in [-0.4, -0.2) is 33.2 Å². The average Bonchev–Trinajstić information content (AvgIpc) is 2.38. The molecule has 118 valence electrons. The van der Waals surface area contributed by atoms with E-state index in [9.17, 15) is 13.2 Å². The molecular formula is C14H21BrN2O3S. The molecule has 1 aromatic carbocycles. The number of sulfonamides is 1. The monoisotopic (exact) mass is 376 g/mol. The van der Waals surface area contributed by atoms with Gasteiger partial charge in [0, 0.05) is 10.5 Å². The first-order valence-electron chi connectivity index (χ1n) is 6.68. The first-order valence-corrected chi connectivity index (χ1v) is 9.32. The minimum atomic E-state index is -3.53. The second-order valence-corrected chi connectivity index (χ2v) is 7.84. The van der Waals surface area contributed by atoms with Crippen molar-refractivity contribution in [2.75, 3.05) is 17.1 Å². The normalized spacial score (nSPS) is 12.8. The Labute approximate surface area is 134 Å².